The van der Waals surface area contributed by atoms with E-state index in [0.717, 1.165) is 31.7 Å². The molecule has 0 unspecified atom stereocenters. The van der Waals surface area contributed by atoms with Gasteiger partial charge in [-0.05, 0) is 56.2 Å². The zero-order valence-corrected chi connectivity index (χ0v) is 13.4. The highest BCUT2D eigenvalue weighted by Gasteiger charge is 2.37. The van der Waals surface area contributed by atoms with Crippen molar-refractivity contribution in [3.05, 3.63) is 21.4 Å². The fraction of sp³-hybridized carbons (Fsp3) is 0.667. The molecule has 4 heteroatoms. The third kappa shape index (κ3) is 2.63. The van der Waals surface area contributed by atoms with Crippen molar-refractivity contribution in [2.45, 2.75) is 45.1 Å². The third-order valence-corrected chi connectivity index (χ3v) is 6.39. The van der Waals surface area contributed by atoms with E-state index in [-0.39, 0.29) is 5.54 Å². The second kappa shape index (κ2) is 5.58. The molecule has 3 heterocycles. The molecule has 1 aromatic rings. The van der Waals surface area contributed by atoms with Crippen LogP contribution in [-0.2, 0) is 12.8 Å². The average Bonchev–Trinajstić information content (AvgIpc) is 2.83. The fourth-order valence-corrected chi connectivity index (χ4v) is 5.15. The van der Waals surface area contributed by atoms with E-state index in [1.54, 1.807) is 5.56 Å². The number of hydrogen-bond donors (Lipinski definition) is 1. The maximum atomic E-state index is 5.20. The lowest BCUT2D eigenvalue weighted by atomic mass is 9.81. The number of piperidine rings is 1. The van der Waals surface area contributed by atoms with Crippen molar-refractivity contribution < 1.29 is 0 Å². The van der Waals surface area contributed by atoms with Gasteiger partial charge in [-0.15, -0.1) is 23.1 Å². The van der Waals surface area contributed by atoms with Gasteiger partial charge in [-0.3, -0.25) is 4.99 Å². The predicted molar refractivity (Wildman–Crippen MR) is 86.9 cm³/mol. The fourth-order valence-electron chi connectivity index (χ4n) is 3.05. The van der Waals surface area contributed by atoms with E-state index >= 15 is 0 Å². The molecule has 2 aliphatic heterocycles. The molecule has 0 aliphatic carbocycles. The van der Waals surface area contributed by atoms with Gasteiger partial charge in [0, 0.05) is 4.88 Å². The topological polar surface area (TPSA) is 24.4 Å². The van der Waals surface area contributed by atoms with Gasteiger partial charge in [-0.2, -0.15) is 0 Å². The number of fused-ring (bicyclic) bond motifs is 1. The highest BCUT2D eigenvalue weighted by Crippen LogP contribution is 2.40. The Labute approximate surface area is 124 Å². The van der Waals surface area contributed by atoms with E-state index in [4.69, 9.17) is 4.99 Å². The first-order valence-electron chi connectivity index (χ1n) is 7.31. The number of nitrogens with zero attached hydrogens (tertiary/aromatic N) is 1. The second-order valence-electron chi connectivity index (χ2n) is 5.42. The zero-order valence-electron chi connectivity index (χ0n) is 11.8. The minimum Gasteiger partial charge on any atom is -0.317 e. The van der Waals surface area contributed by atoms with E-state index in [0.29, 0.717) is 0 Å². The van der Waals surface area contributed by atoms with Crippen LogP contribution < -0.4 is 5.32 Å². The van der Waals surface area contributed by atoms with Crippen molar-refractivity contribution in [1.29, 1.82) is 0 Å². The first-order chi connectivity index (χ1) is 9.26. The molecule has 1 N–H and O–H groups in total. The number of aliphatic imine (C=N–C) groups is 1. The van der Waals surface area contributed by atoms with Gasteiger partial charge >= 0.3 is 0 Å². The molecule has 0 amide bonds. The van der Waals surface area contributed by atoms with Crippen LogP contribution in [0, 0.1) is 0 Å². The van der Waals surface area contributed by atoms with Crippen LogP contribution in [0.25, 0.3) is 0 Å². The molecule has 104 valence electrons. The number of nitrogens with one attached hydrogen (secondary N) is 1. The molecule has 1 spiro atoms. The van der Waals surface area contributed by atoms with Gasteiger partial charge in [-0.25, -0.2) is 0 Å². The molecule has 0 atom stereocenters. The lowest BCUT2D eigenvalue weighted by Crippen LogP contribution is -2.44. The van der Waals surface area contributed by atoms with Crippen molar-refractivity contribution in [1.82, 2.24) is 5.32 Å². The molecule has 1 saturated heterocycles. The summed E-state index contributed by atoms with van der Waals surface area (Å²) in [5, 5.41) is 4.79. The minimum absolute atomic E-state index is 0.196. The predicted octanol–water partition coefficient (Wildman–Crippen LogP) is 3.49. The monoisotopic (exact) mass is 294 g/mol. The molecule has 0 radical (unpaired) electrons. The van der Waals surface area contributed by atoms with Crippen LogP contribution in [0.15, 0.2) is 11.1 Å². The quantitative estimate of drug-likeness (QED) is 0.903. The van der Waals surface area contributed by atoms with Gasteiger partial charge < -0.3 is 5.32 Å². The molecule has 1 aromatic heterocycles. The minimum atomic E-state index is 0.196. The maximum Gasteiger partial charge on any atom is 0.109 e. The van der Waals surface area contributed by atoms with Crippen molar-refractivity contribution >= 4 is 28.1 Å². The Bertz CT molecular complexity index is 484. The Morgan fingerprint density at radius 3 is 2.84 bits per heavy atom. The molecule has 2 nitrogen and oxygen atoms in total. The Morgan fingerprint density at radius 2 is 2.16 bits per heavy atom. The van der Waals surface area contributed by atoms with Gasteiger partial charge in [0.1, 0.15) is 5.04 Å². The summed E-state index contributed by atoms with van der Waals surface area (Å²) in [6.45, 7) is 6.72. The van der Waals surface area contributed by atoms with Gasteiger partial charge in [-0.1, -0.05) is 13.8 Å². The molecule has 0 aromatic carbocycles. The lowest BCUT2D eigenvalue weighted by molar-refractivity contribution is 0.309. The van der Waals surface area contributed by atoms with Crippen LogP contribution in [-0.4, -0.2) is 29.4 Å². The number of aryl methyl sites for hydroxylation is 1. The normalized spacial score (nSPS) is 21.3. The van der Waals surface area contributed by atoms with Crippen molar-refractivity contribution in [2.75, 3.05) is 18.8 Å². The van der Waals surface area contributed by atoms with E-state index in [1.807, 2.05) is 23.1 Å². The van der Waals surface area contributed by atoms with Gasteiger partial charge in [0.2, 0.25) is 0 Å². The van der Waals surface area contributed by atoms with Crippen LogP contribution in [0.4, 0.5) is 0 Å². The highest BCUT2D eigenvalue weighted by atomic mass is 32.2. The number of hydrogen-bond acceptors (Lipinski definition) is 4. The van der Waals surface area contributed by atoms with Crippen LogP contribution in [0.2, 0.25) is 0 Å². The van der Waals surface area contributed by atoms with Crippen LogP contribution >= 0.6 is 23.1 Å². The van der Waals surface area contributed by atoms with Gasteiger partial charge in [0.05, 0.1) is 10.4 Å². The highest BCUT2D eigenvalue weighted by molar-refractivity contribution is 8.14. The molecule has 19 heavy (non-hydrogen) atoms. The summed E-state index contributed by atoms with van der Waals surface area (Å²) in [5.74, 6) is 1.12. The molecule has 2 aliphatic rings. The van der Waals surface area contributed by atoms with Crippen LogP contribution in [0.5, 0.6) is 0 Å². The Balaban J connectivity index is 1.98. The smallest absolute Gasteiger partial charge is 0.109 e. The lowest BCUT2D eigenvalue weighted by Gasteiger charge is -2.37. The summed E-state index contributed by atoms with van der Waals surface area (Å²) in [4.78, 5) is 8.18. The molecule has 3 rings (SSSR count). The number of thiophene rings is 1. The summed E-state index contributed by atoms with van der Waals surface area (Å²) in [5.41, 5.74) is 1.76. The molecule has 1 fully saturated rings. The first kappa shape index (κ1) is 13.7. The number of thioether (sulfide) groups is 1. The van der Waals surface area contributed by atoms with E-state index in [1.165, 1.54) is 27.6 Å². The van der Waals surface area contributed by atoms with Crippen LogP contribution in [0.3, 0.4) is 0 Å². The third-order valence-electron chi connectivity index (χ3n) is 4.08. The Morgan fingerprint density at radius 1 is 1.37 bits per heavy atom. The first-order valence-corrected chi connectivity index (χ1v) is 9.12. The SMILES string of the molecule is CCSC1=NC2(CCNCC2)Cc2cc(CC)sc21. The Hall–Kier alpha value is -0.320. The van der Waals surface area contributed by atoms with E-state index in [2.05, 4.69) is 25.2 Å². The van der Waals surface area contributed by atoms with Crippen molar-refractivity contribution in [3.63, 3.8) is 0 Å². The standard InChI is InChI=1S/C15H22N2S2/c1-3-12-9-11-10-15(5-7-16-8-6-15)17-14(18-4-2)13(11)19-12/h9,16H,3-8,10H2,1-2H3. The van der Waals surface area contributed by atoms with Gasteiger partial charge in [0.15, 0.2) is 0 Å². The van der Waals surface area contributed by atoms with Crippen LogP contribution in [0.1, 0.15) is 42.0 Å². The van der Waals surface area contributed by atoms with E-state index in [9.17, 15) is 0 Å². The molecular formula is C15H22N2S2. The van der Waals surface area contributed by atoms with Crippen molar-refractivity contribution in [3.8, 4) is 0 Å². The molecule has 0 saturated carbocycles. The molecule has 0 bridgehead atoms. The summed E-state index contributed by atoms with van der Waals surface area (Å²) in [6.07, 6.45) is 4.69. The summed E-state index contributed by atoms with van der Waals surface area (Å²) >= 11 is 3.89. The van der Waals surface area contributed by atoms with Crippen molar-refractivity contribution in [2.24, 2.45) is 4.99 Å². The summed E-state index contributed by atoms with van der Waals surface area (Å²) in [7, 11) is 0. The largest absolute Gasteiger partial charge is 0.317 e. The maximum absolute atomic E-state index is 5.20. The number of rotatable bonds is 2. The second-order valence-corrected chi connectivity index (χ2v) is 7.81. The zero-order chi connectivity index (χ0) is 13.3. The van der Waals surface area contributed by atoms with E-state index < -0.39 is 0 Å². The summed E-state index contributed by atoms with van der Waals surface area (Å²) in [6, 6.07) is 2.44. The Kier molecular flexibility index (Phi) is 4.01. The summed E-state index contributed by atoms with van der Waals surface area (Å²) < 4.78 is 0. The molecular weight excluding hydrogens is 272 g/mol. The average molecular weight is 294 g/mol. The van der Waals surface area contributed by atoms with Gasteiger partial charge in [0.25, 0.3) is 0 Å².